The Kier molecular flexibility index (Phi) is 4.38. The molecule has 2 aromatic carbocycles. The van der Waals surface area contributed by atoms with Crippen molar-refractivity contribution in [1.29, 1.82) is 0 Å². The highest BCUT2D eigenvalue weighted by molar-refractivity contribution is 8.00. The third kappa shape index (κ3) is 3.63. The molecule has 0 aliphatic carbocycles. The maximum Gasteiger partial charge on any atom is 0.313 e. The predicted octanol–water partition coefficient (Wildman–Crippen LogP) is 1.56. The summed E-state index contributed by atoms with van der Waals surface area (Å²) in [6, 6.07) is 8.19. The topological polar surface area (TPSA) is 130 Å². The van der Waals surface area contributed by atoms with E-state index in [-0.39, 0.29) is 16.3 Å². The van der Waals surface area contributed by atoms with E-state index in [4.69, 9.17) is 11.5 Å². The predicted molar refractivity (Wildman–Crippen MR) is 86.6 cm³/mol. The van der Waals surface area contributed by atoms with Gasteiger partial charge in [-0.15, -0.1) is 3.63 Å². The van der Waals surface area contributed by atoms with Gasteiger partial charge in [-0.2, -0.15) is 16.8 Å². The summed E-state index contributed by atoms with van der Waals surface area (Å²) >= 11 is 0. The maximum absolute atomic E-state index is 12.3. The first-order valence-electron chi connectivity index (χ1n) is 6.46. The van der Waals surface area contributed by atoms with Gasteiger partial charge in [0.2, 0.25) is 0 Å². The number of benzene rings is 2. The molecule has 0 heterocycles. The van der Waals surface area contributed by atoms with Crippen LogP contribution in [0, 0.1) is 13.8 Å². The van der Waals surface area contributed by atoms with Gasteiger partial charge in [0.25, 0.3) is 0 Å². The van der Waals surface area contributed by atoms with Crippen molar-refractivity contribution in [3.05, 3.63) is 47.5 Å². The van der Waals surface area contributed by atoms with Gasteiger partial charge < -0.3 is 11.5 Å². The Hall–Kier alpha value is -2.10. The summed E-state index contributed by atoms with van der Waals surface area (Å²) in [7, 11) is -9.17. The number of aryl methyl sites for hydroxylation is 2. The highest BCUT2D eigenvalue weighted by atomic mass is 32.3. The summed E-state index contributed by atoms with van der Waals surface area (Å²) in [6.07, 6.45) is 0. The molecule has 124 valence electrons. The van der Waals surface area contributed by atoms with Crippen molar-refractivity contribution in [2.24, 2.45) is 0 Å². The molecule has 0 saturated carbocycles. The summed E-state index contributed by atoms with van der Waals surface area (Å²) < 4.78 is 53.5. The summed E-state index contributed by atoms with van der Waals surface area (Å²) in [5.41, 5.74) is 12.3. The molecule has 0 aliphatic rings. The SMILES string of the molecule is Cc1ccc(S(=O)(=O)OS(=O)(=O)c2cc(N)ccc2C)c(N)c1. The first kappa shape index (κ1) is 17.3. The quantitative estimate of drug-likeness (QED) is 0.795. The van der Waals surface area contributed by atoms with Gasteiger partial charge in [-0.25, -0.2) is 0 Å². The van der Waals surface area contributed by atoms with Crippen LogP contribution in [0.3, 0.4) is 0 Å². The van der Waals surface area contributed by atoms with Crippen LogP contribution >= 0.6 is 0 Å². The number of hydrogen-bond donors (Lipinski definition) is 2. The van der Waals surface area contributed by atoms with E-state index in [2.05, 4.69) is 3.63 Å². The molecule has 0 saturated heterocycles. The van der Waals surface area contributed by atoms with Crippen LogP contribution in [0.2, 0.25) is 0 Å². The fourth-order valence-corrected chi connectivity index (χ4v) is 4.83. The van der Waals surface area contributed by atoms with E-state index in [9.17, 15) is 16.8 Å². The zero-order valence-electron chi connectivity index (χ0n) is 12.5. The molecule has 0 fully saturated rings. The Balaban J connectivity index is 2.49. The Bertz CT molecular complexity index is 967. The monoisotopic (exact) mass is 356 g/mol. The lowest BCUT2D eigenvalue weighted by atomic mass is 10.2. The molecule has 0 bridgehead atoms. The third-order valence-corrected chi connectivity index (χ3v) is 6.42. The zero-order chi connectivity index (χ0) is 17.4. The fourth-order valence-electron chi connectivity index (χ4n) is 1.97. The molecule has 0 aromatic heterocycles. The average Bonchev–Trinajstić information content (AvgIpc) is 2.39. The lowest BCUT2D eigenvalue weighted by Crippen LogP contribution is -2.16. The van der Waals surface area contributed by atoms with Crippen molar-refractivity contribution in [3.63, 3.8) is 0 Å². The van der Waals surface area contributed by atoms with E-state index >= 15 is 0 Å². The van der Waals surface area contributed by atoms with Crippen molar-refractivity contribution in [2.45, 2.75) is 23.6 Å². The third-order valence-electron chi connectivity index (χ3n) is 3.10. The molecule has 9 heteroatoms. The Morgan fingerprint density at radius 2 is 1.43 bits per heavy atom. The van der Waals surface area contributed by atoms with Gasteiger partial charge in [-0.05, 0) is 49.2 Å². The largest absolute Gasteiger partial charge is 0.399 e. The smallest absolute Gasteiger partial charge is 0.313 e. The second-order valence-corrected chi connectivity index (χ2v) is 8.28. The lowest BCUT2D eigenvalue weighted by molar-refractivity contribution is 0.461. The van der Waals surface area contributed by atoms with E-state index in [1.54, 1.807) is 6.92 Å². The van der Waals surface area contributed by atoms with E-state index in [0.29, 0.717) is 5.56 Å². The highest BCUT2D eigenvalue weighted by Crippen LogP contribution is 2.27. The van der Waals surface area contributed by atoms with Crippen LogP contribution in [0.15, 0.2) is 46.2 Å². The molecule has 0 spiro atoms. The highest BCUT2D eigenvalue weighted by Gasteiger charge is 2.29. The van der Waals surface area contributed by atoms with Crippen LogP contribution in [-0.2, 0) is 23.9 Å². The van der Waals surface area contributed by atoms with Gasteiger partial charge in [0.05, 0.1) is 5.69 Å². The molecule has 4 N–H and O–H groups in total. The summed E-state index contributed by atoms with van der Waals surface area (Å²) in [5.74, 6) is 0. The first-order chi connectivity index (χ1) is 10.5. The van der Waals surface area contributed by atoms with Crippen molar-refractivity contribution in [2.75, 3.05) is 11.5 Å². The number of anilines is 2. The van der Waals surface area contributed by atoms with Gasteiger partial charge in [0, 0.05) is 5.69 Å². The van der Waals surface area contributed by atoms with Crippen LogP contribution in [0.5, 0.6) is 0 Å². The summed E-state index contributed by atoms with van der Waals surface area (Å²) in [6.45, 7) is 3.23. The van der Waals surface area contributed by atoms with Crippen molar-refractivity contribution in [1.82, 2.24) is 0 Å². The lowest BCUT2D eigenvalue weighted by Gasteiger charge is -2.11. The molecule has 0 amide bonds. The normalized spacial score (nSPS) is 12.3. The number of hydrogen-bond acceptors (Lipinski definition) is 7. The van der Waals surface area contributed by atoms with Crippen molar-refractivity contribution < 1.29 is 20.5 Å². The molecule has 7 nitrogen and oxygen atoms in total. The number of nitrogens with two attached hydrogens (primary N) is 2. The number of nitrogen functional groups attached to an aromatic ring is 2. The molecule has 2 rings (SSSR count). The van der Waals surface area contributed by atoms with Crippen LogP contribution in [0.25, 0.3) is 0 Å². The fraction of sp³-hybridized carbons (Fsp3) is 0.143. The average molecular weight is 356 g/mol. The van der Waals surface area contributed by atoms with E-state index in [1.807, 2.05) is 0 Å². The van der Waals surface area contributed by atoms with Crippen LogP contribution in [0.1, 0.15) is 11.1 Å². The van der Waals surface area contributed by atoms with Gasteiger partial charge in [0.1, 0.15) is 9.79 Å². The Labute approximate surface area is 135 Å². The van der Waals surface area contributed by atoms with Crippen molar-refractivity contribution >= 4 is 31.6 Å². The standard InChI is InChI=1S/C14H16N2O5S2/c1-9-3-6-13(12(16)7-9)22(17,18)21-23(19,20)14-8-11(15)5-4-10(14)2/h3-8H,15-16H2,1-2H3. The second kappa shape index (κ2) is 5.84. The molecule has 0 radical (unpaired) electrons. The van der Waals surface area contributed by atoms with Crippen molar-refractivity contribution in [3.8, 4) is 0 Å². The Morgan fingerprint density at radius 3 is 2.04 bits per heavy atom. The first-order valence-corrected chi connectivity index (χ1v) is 9.28. The maximum atomic E-state index is 12.3. The molecule has 0 aliphatic heterocycles. The zero-order valence-corrected chi connectivity index (χ0v) is 14.1. The minimum Gasteiger partial charge on any atom is -0.399 e. The van der Waals surface area contributed by atoms with Gasteiger partial charge in [-0.3, -0.25) is 0 Å². The van der Waals surface area contributed by atoms with E-state index in [0.717, 1.165) is 11.6 Å². The molecule has 23 heavy (non-hydrogen) atoms. The second-order valence-electron chi connectivity index (χ2n) is 5.04. The minimum absolute atomic E-state index is 0.0931. The molecular weight excluding hydrogens is 340 g/mol. The van der Waals surface area contributed by atoms with Gasteiger partial charge in [0.15, 0.2) is 0 Å². The number of rotatable bonds is 4. The van der Waals surface area contributed by atoms with Gasteiger partial charge >= 0.3 is 20.2 Å². The molecule has 0 atom stereocenters. The van der Waals surface area contributed by atoms with Gasteiger partial charge in [-0.1, -0.05) is 12.1 Å². The summed E-state index contributed by atoms with van der Waals surface area (Å²) in [4.78, 5) is -0.722. The van der Waals surface area contributed by atoms with E-state index < -0.39 is 25.1 Å². The minimum atomic E-state index is -4.60. The molecule has 0 unspecified atom stereocenters. The summed E-state index contributed by atoms with van der Waals surface area (Å²) in [5, 5.41) is 0. The van der Waals surface area contributed by atoms with Crippen LogP contribution in [-0.4, -0.2) is 16.8 Å². The molecular formula is C14H16N2O5S2. The van der Waals surface area contributed by atoms with E-state index in [1.165, 1.54) is 37.3 Å². The van der Waals surface area contributed by atoms with Crippen LogP contribution < -0.4 is 11.5 Å². The Morgan fingerprint density at radius 1 is 0.826 bits per heavy atom. The molecule has 2 aromatic rings. The van der Waals surface area contributed by atoms with Crippen LogP contribution in [0.4, 0.5) is 11.4 Å².